The molecule has 2 saturated heterocycles. The molecule has 4 heteroatoms. The molecule has 2 heterocycles. The molecule has 2 unspecified atom stereocenters. The van der Waals surface area contributed by atoms with Gasteiger partial charge in [-0.1, -0.05) is 6.07 Å². The molecule has 0 bridgehead atoms. The van der Waals surface area contributed by atoms with Gasteiger partial charge < -0.3 is 14.8 Å². The van der Waals surface area contributed by atoms with Gasteiger partial charge in [-0.15, -0.1) is 0 Å². The Kier molecular flexibility index (Phi) is 4.18. The van der Waals surface area contributed by atoms with Crippen LogP contribution in [0.15, 0.2) is 18.2 Å². The summed E-state index contributed by atoms with van der Waals surface area (Å²) in [5.41, 5.74) is 1.36. The molecule has 0 saturated carbocycles. The summed E-state index contributed by atoms with van der Waals surface area (Å²) in [7, 11) is 1.72. The minimum Gasteiger partial charge on any atom is -0.493 e. The summed E-state index contributed by atoms with van der Waals surface area (Å²) in [4.78, 5) is 0. The topological polar surface area (TPSA) is 30.5 Å². The zero-order valence-electron chi connectivity index (χ0n) is 11.4. The number of benzene rings is 1. The van der Waals surface area contributed by atoms with E-state index in [9.17, 15) is 0 Å². The molecule has 0 radical (unpaired) electrons. The first-order chi connectivity index (χ1) is 9.36. The molecule has 0 aromatic heterocycles. The molecule has 0 amide bonds. The quantitative estimate of drug-likeness (QED) is 0.918. The van der Waals surface area contributed by atoms with Crippen LogP contribution < -0.4 is 14.8 Å². The number of hydrogen-bond donors (Lipinski definition) is 1. The van der Waals surface area contributed by atoms with Crippen molar-refractivity contribution in [1.82, 2.24) is 5.32 Å². The summed E-state index contributed by atoms with van der Waals surface area (Å²) in [5, 5.41) is 3.41. The summed E-state index contributed by atoms with van der Waals surface area (Å²) in [5.74, 6) is 4.69. The maximum Gasteiger partial charge on any atom is 0.161 e. The van der Waals surface area contributed by atoms with E-state index in [1.54, 1.807) is 7.11 Å². The molecule has 1 aromatic carbocycles. The third kappa shape index (κ3) is 3.00. The van der Waals surface area contributed by atoms with Crippen LogP contribution in [0.4, 0.5) is 0 Å². The van der Waals surface area contributed by atoms with Crippen molar-refractivity contribution in [2.45, 2.75) is 24.9 Å². The van der Waals surface area contributed by atoms with Crippen LogP contribution in [0.5, 0.6) is 11.5 Å². The number of ether oxygens (including phenoxy) is 2. The van der Waals surface area contributed by atoms with Crippen molar-refractivity contribution in [2.24, 2.45) is 0 Å². The van der Waals surface area contributed by atoms with Crippen molar-refractivity contribution in [1.29, 1.82) is 0 Å². The fourth-order valence-corrected chi connectivity index (χ4v) is 3.85. The molecular weight excluding hydrogens is 258 g/mol. The largest absolute Gasteiger partial charge is 0.493 e. The van der Waals surface area contributed by atoms with Crippen LogP contribution in [-0.2, 0) is 0 Å². The summed E-state index contributed by atoms with van der Waals surface area (Å²) in [6.45, 7) is 2.19. The lowest BCUT2D eigenvalue weighted by Gasteiger charge is -2.17. The Morgan fingerprint density at radius 3 is 2.89 bits per heavy atom. The van der Waals surface area contributed by atoms with E-state index in [0.29, 0.717) is 12.0 Å². The van der Waals surface area contributed by atoms with Crippen molar-refractivity contribution in [3.8, 4) is 11.5 Å². The molecule has 3 rings (SSSR count). The molecule has 2 atom stereocenters. The smallest absolute Gasteiger partial charge is 0.161 e. The van der Waals surface area contributed by atoms with Crippen LogP contribution in [0.25, 0.3) is 0 Å². The Labute approximate surface area is 119 Å². The van der Waals surface area contributed by atoms with Crippen LogP contribution in [0, 0.1) is 0 Å². The lowest BCUT2D eigenvalue weighted by molar-refractivity contribution is 0.218. The van der Waals surface area contributed by atoms with Crippen LogP contribution >= 0.6 is 11.8 Å². The van der Waals surface area contributed by atoms with Gasteiger partial charge in [0.2, 0.25) is 0 Å². The zero-order valence-corrected chi connectivity index (χ0v) is 12.2. The Morgan fingerprint density at radius 2 is 2.21 bits per heavy atom. The van der Waals surface area contributed by atoms with Crippen LogP contribution in [0.3, 0.4) is 0 Å². The molecule has 19 heavy (non-hydrogen) atoms. The Morgan fingerprint density at radius 1 is 1.26 bits per heavy atom. The summed E-state index contributed by atoms with van der Waals surface area (Å²) in [6.07, 6.45) is 2.70. The number of nitrogens with one attached hydrogen (secondary N) is 1. The number of thioether (sulfide) groups is 1. The molecule has 2 aliphatic heterocycles. The standard InChI is InChI=1S/C15H21NO2S/c1-17-15-8-11(12-4-6-16-9-12)2-3-14(15)18-13-5-7-19-10-13/h2-3,8,12-13,16H,4-7,9-10H2,1H3. The third-order valence-electron chi connectivity index (χ3n) is 3.90. The molecule has 2 fully saturated rings. The SMILES string of the molecule is COc1cc(C2CCNC2)ccc1OC1CCSC1. The van der Waals surface area contributed by atoms with Gasteiger partial charge in [0, 0.05) is 12.3 Å². The first-order valence-corrected chi connectivity index (χ1v) is 8.15. The van der Waals surface area contributed by atoms with Gasteiger partial charge in [-0.3, -0.25) is 0 Å². The molecule has 2 aliphatic rings. The van der Waals surface area contributed by atoms with E-state index in [1.165, 1.54) is 17.7 Å². The van der Waals surface area contributed by atoms with Crippen LogP contribution in [0.2, 0.25) is 0 Å². The Bertz CT molecular complexity index is 426. The van der Waals surface area contributed by atoms with E-state index in [1.807, 2.05) is 11.8 Å². The number of hydrogen-bond acceptors (Lipinski definition) is 4. The highest BCUT2D eigenvalue weighted by molar-refractivity contribution is 7.99. The van der Waals surface area contributed by atoms with Crippen molar-refractivity contribution in [3.63, 3.8) is 0 Å². The van der Waals surface area contributed by atoms with E-state index >= 15 is 0 Å². The lowest BCUT2D eigenvalue weighted by Crippen LogP contribution is -2.15. The van der Waals surface area contributed by atoms with Gasteiger partial charge in [-0.2, -0.15) is 11.8 Å². The average molecular weight is 279 g/mol. The first-order valence-electron chi connectivity index (χ1n) is 7.00. The van der Waals surface area contributed by atoms with Crippen molar-refractivity contribution >= 4 is 11.8 Å². The van der Waals surface area contributed by atoms with Gasteiger partial charge >= 0.3 is 0 Å². The highest BCUT2D eigenvalue weighted by Gasteiger charge is 2.21. The summed E-state index contributed by atoms with van der Waals surface area (Å²) < 4.78 is 11.6. The van der Waals surface area contributed by atoms with E-state index < -0.39 is 0 Å². The van der Waals surface area contributed by atoms with E-state index in [4.69, 9.17) is 9.47 Å². The van der Waals surface area contributed by atoms with E-state index in [2.05, 4.69) is 23.5 Å². The highest BCUT2D eigenvalue weighted by atomic mass is 32.2. The Balaban J connectivity index is 1.76. The normalized spacial score (nSPS) is 26.6. The molecular formula is C15H21NO2S. The van der Waals surface area contributed by atoms with Gasteiger partial charge in [0.1, 0.15) is 6.10 Å². The summed E-state index contributed by atoms with van der Waals surface area (Å²) >= 11 is 1.96. The van der Waals surface area contributed by atoms with Gasteiger partial charge in [-0.05, 0) is 48.8 Å². The maximum atomic E-state index is 6.05. The summed E-state index contributed by atoms with van der Waals surface area (Å²) in [6, 6.07) is 6.42. The molecule has 3 nitrogen and oxygen atoms in total. The molecule has 0 spiro atoms. The van der Waals surface area contributed by atoms with E-state index in [-0.39, 0.29) is 0 Å². The monoisotopic (exact) mass is 279 g/mol. The van der Waals surface area contributed by atoms with Gasteiger partial charge in [0.15, 0.2) is 11.5 Å². The van der Waals surface area contributed by atoms with Gasteiger partial charge in [0.25, 0.3) is 0 Å². The second kappa shape index (κ2) is 6.06. The van der Waals surface area contributed by atoms with Crippen molar-refractivity contribution < 1.29 is 9.47 Å². The minimum absolute atomic E-state index is 0.345. The first kappa shape index (κ1) is 13.1. The van der Waals surface area contributed by atoms with Crippen molar-refractivity contribution in [3.05, 3.63) is 23.8 Å². The molecule has 1 aromatic rings. The number of methoxy groups -OCH3 is 1. The second-order valence-electron chi connectivity index (χ2n) is 5.20. The second-order valence-corrected chi connectivity index (χ2v) is 6.35. The van der Waals surface area contributed by atoms with Gasteiger partial charge in [0.05, 0.1) is 7.11 Å². The molecule has 1 N–H and O–H groups in total. The average Bonchev–Trinajstić information content (AvgIpc) is 3.12. The van der Waals surface area contributed by atoms with E-state index in [0.717, 1.165) is 36.8 Å². The molecule has 0 aliphatic carbocycles. The highest BCUT2D eigenvalue weighted by Crippen LogP contribution is 2.34. The predicted molar refractivity (Wildman–Crippen MR) is 79.6 cm³/mol. The number of rotatable bonds is 4. The molecule has 104 valence electrons. The predicted octanol–water partition coefficient (Wildman–Crippen LogP) is 2.66. The van der Waals surface area contributed by atoms with Crippen LogP contribution in [-0.4, -0.2) is 37.8 Å². The fourth-order valence-electron chi connectivity index (χ4n) is 2.76. The minimum atomic E-state index is 0.345. The lowest BCUT2D eigenvalue weighted by atomic mass is 9.98. The van der Waals surface area contributed by atoms with Crippen LogP contribution in [0.1, 0.15) is 24.3 Å². The van der Waals surface area contributed by atoms with Gasteiger partial charge in [-0.25, -0.2) is 0 Å². The maximum absolute atomic E-state index is 6.05. The Hall–Kier alpha value is -0.870. The third-order valence-corrected chi connectivity index (χ3v) is 5.03. The van der Waals surface area contributed by atoms with Crippen molar-refractivity contribution in [2.75, 3.05) is 31.7 Å². The zero-order chi connectivity index (χ0) is 13.1. The fraction of sp³-hybridized carbons (Fsp3) is 0.600.